The van der Waals surface area contributed by atoms with E-state index in [1.54, 1.807) is 6.07 Å². The highest BCUT2D eigenvalue weighted by atomic mass is 35.5. The average molecular weight is 366 g/mol. The van der Waals surface area contributed by atoms with Crippen LogP contribution in [0.5, 0.6) is 0 Å². The fourth-order valence-corrected chi connectivity index (χ4v) is 6.87. The van der Waals surface area contributed by atoms with Gasteiger partial charge in [0.15, 0.2) is 0 Å². The van der Waals surface area contributed by atoms with E-state index in [1.807, 2.05) is 0 Å². The van der Waals surface area contributed by atoms with Crippen molar-refractivity contribution in [1.82, 2.24) is 9.97 Å². The van der Waals surface area contributed by atoms with Crippen LogP contribution in [-0.4, -0.2) is 18.4 Å². The zero-order chi connectivity index (χ0) is 16.6. The Labute approximate surface area is 146 Å². The van der Waals surface area contributed by atoms with E-state index in [1.165, 1.54) is 38.2 Å². The summed E-state index contributed by atoms with van der Waals surface area (Å²) in [6.45, 7) is 0. The molecule has 4 aliphatic carbocycles. The molecule has 4 fully saturated rings. The Balaban J connectivity index is 1.59. The van der Waals surface area contributed by atoms with Crippen molar-refractivity contribution >= 4 is 32.7 Å². The zero-order valence-electron chi connectivity index (χ0n) is 13.2. The Morgan fingerprint density at radius 2 is 1.71 bits per heavy atom. The van der Waals surface area contributed by atoms with E-state index in [4.69, 9.17) is 21.7 Å². The lowest BCUT2D eigenvalue weighted by molar-refractivity contribution is -0.00528. The third-order valence-electron chi connectivity index (χ3n) is 6.40. The summed E-state index contributed by atoms with van der Waals surface area (Å²) in [4.78, 5) is 8.10. The van der Waals surface area contributed by atoms with Gasteiger partial charge in [0, 0.05) is 5.92 Å². The van der Waals surface area contributed by atoms with E-state index < -0.39 is 10.0 Å². The van der Waals surface area contributed by atoms with Gasteiger partial charge in [-0.15, -0.1) is 0 Å². The van der Waals surface area contributed by atoms with Crippen LogP contribution in [0.4, 0.5) is 0 Å². The van der Waals surface area contributed by atoms with Gasteiger partial charge in [0.25, 0.3) is 0 Å². The van der Waals surface area contributed by atoms with Crippen LogP contribution in [0.2, 0.25) is 5.02 Å². The highest BCUT2D eigenvalue weighted by Gasteiger charge is 2.49. The molecule has 4 saturated carbocycles. The minimum atomic E-state index is -3.84. The van der Waals surface area contributed by atoms with Gasteiger partial charge < -0.3 is 4.98 Å². The number of benzene rings is 1. The molecule has 6 rings (SSSR count). The first-order chi connectivity index (χ1) is 11.4. The highest BCUT2D eigenvalue weighted by molar-refractivity contribution is 7.89. The zero-order valence-corrected chi connectivity index (χ0v) is 14.8. The monoisotopic (exact) mass is 365 g/mol. The quantitative estimate of drug-likeness (QED) is 0.854. The summed E-state index contributed by atoms with van der Waals surface area (Å²) < 4.78 is 23.3. The van der Waals surface area contributed by atoms with E-state index in [0.29, 0.717) is 11.4 Å². The van der Waals surface area contributed by atoms with Gasteiger partial charge in [-0.1, -0.05) is 11.6 Å². The van der Waals surface area contributed by atoms with Crippen LogP contribution in [0.1, 0.15) is 43.8 Å². The van der Waals surface area contributed by atoms with E-state index in [9.17, 15) is 8.42 Å². The molecule has 4 aliphatic rings. The summed E-state index contributed by atoms with van der Waals surface area (Å²) in [5.74, 6) is 4.74. The predicted molar refractivity (Wildman–Crippen MR) is 92.3 cm³/mol. The summed E-state index contributed by atoms with van der Waals surface area (Å²) >= 11 is 6.09. The summed E-state index contributed by atoms with van der Waals surface area (Å²) in [7, 11) is -3.84. The fourth-order valence-electron chi connectivity index (χ4n) is 5.78. The van der Waals surface area contributed by atoms with Crippen LogP contribution < -0.4 is 5.14 Å². The maximum atomic E-state index is 11.7. The molecule has 1 aromatic heterocycles. The SMILES string of the molecule is NS(=O)(=O)c1cc2[nH]c(C3C4CC5CC(C4)CC3C5)nc2cc1Cl. The predicted octanol–water partition coefficient (Wildman–Crippen LogP) is 3.40. The van der Waals surface area contributed by atoms with Crippen LogP contribution in [0.3, 0.4) is 0 Å². The molecule has 128 valence electrons. The third-order valence-corrected chi connectivity index (χ3v) is 7.78. The van der Waals surface area contributed by atoms with Gasteiger partial charge >= 0.3 is 0 Å². The lowest BCUT2D eigenvalue weighted by Crippen LogP contribution is -2.44. The first kappa shape index (κ1) is 15.2. The minimum Gasteiger partial charge on any atom is -0.342 e. The molecule has 2 aromatic rings. The Morgan fingerprint density at radius 3 is 2.29 bits per heavy atom. The summed E-state index contributed by atoms with van der Waals surface area (Å²) in [5.41, 5.74) is 1.42. The Kier molecular flexibility index (Phi) is 3.13. The van der Waals surface area contributed by atoms with Crippen LogP contribution in [0.15, 0.2) is 17.0 Å². The van der Waals surface area contributed by atoms with Crippen LogP contribution in [0.25, 0.3) is 11.0 Å². The number of halogens is 1. The minimum absolute atomic E-state index is 0.0445. The second-order valence-electron chi connectivity index (χ2n) is 7.92. The lowest BCUT2D eigenvalue weighted by atomic mass is 9.52. The van der Waals surface area contributed by atoms with Crippen molar-refractivity contribution in [3.63, 3.8) is 0 Å². The Morgan fingerprint density at radius 1 is 1.08 bits per heavy atom. The summed E-state index contributed by atoms with van der Waals surface area (Å²) in [5, 5.41) is 5.38. The number of rotatable bonds is 2. The first-order valence-corrected chi connectivity index (χ1v) is 10.5. The standard InChI is InChI=1S/C17H20ClN3O2S/c18-12-6-13-14(7-15(12)24(19,22)23)21-17(20-13)16-10-2-8-1-9(4-10)5-11(16)3-8/h6-11,16H,1-5H2,(H,20,21)(H2,19,22,23). The van der Waals surface area contributed by atoms with Crippen molar-refractivity contribution in [1.29, 1.82) is 0 Å². The van der Waals surface area contributed by atoms with Crippen molar-refractivity contribution in [2.45, 2.75) is 42.9 Å². The topological polar surface area (TPSA) is 88.8 Å². The molecule has 0 unspecified atom stereocenters. The van der Waals surface area contributed by atoms with Gasteiger partial charge in [-0.2, -0.15) is 0 Å². The van der Waals surface area contributed by atoms with Crippen molar-refractivity contribution < 1.29 is 8.42 Å². The third kappa shape index (κ3) is 2.23. The molecule has 0 aliphatic heterocycles. The molecule has 0 spiro atoms. The fraction of sp³-hybridized carbons (Fsp3) is 0.588. The number of hydrogen-bond donors (Lipinski definition) is 2. The van der Waals surface area contributed by atoms with Gasteiger partial charge in [-0.25, -0.2) is 18.5 Å². The van der Waals surface area contributed by atoms with Gasteiger partial charge in [0.2, 0.25) is 10.0 Å². The first-order valence-electron chi connectivity index (χ1n) is 8.60. The number of fused-ring (bicyclic) bond motifs is 1. The number of hydrogen-bond acceptors (Lipinski definition) is 3. The van der Waals surface area contributed by atoms with Gasteiger partial charge in [0.05, 0.1) is 16.1 Å². The number of aromatic nitrogens is 2. The second kappa shape index (κ2) is 4.96. The number of nitrogens with one attached hydrogen (secondary N) is 1. The summed E-state index contributed by atoms with van der Waals surface area (Å²) in [6, 6.07) is 3.12. The van der Waals surface area contributed by atoms with E-state index in [2.05, 4.69) is 4.98 Å². The second-order valence-corrected chi connectivity index (χ2v) is 9.86. The normalized spacial score (nSPS) is 35.0. The number of nitrogens with zero attached hydrogens (tertiary/aromatic N) is 1. The number of H-pyrrole nitrogens is 1. The van der Waals surface area contributed by atoms with Gasteiger partial charge in [-0.05, 0) is 67.9 Å². The maximum absolute atomic E-state index is 11.7. The smallest absolute Gasteiger partial charge is 0.239 e. The number of primary sulfonamides is 1. The molecular weight excluding hydrogens is 346 g/mol. The Hall–Kier alpha value is -1.11. The lowest BCUT2D eigenvalue weighted by Gasteiger charge is -2.53. The largest absolute Gasteiger partial charge is 0.342 e. The van der Waals surface area contributed by atoms with Crippen LogP contribution >= 0.6 is 11.6 Å². The number of sulfonamides is 1. The molecule has 24 heavy (non-hydrogen) atoms. The Bertz CT molecular complexity index is 909. The van der Waals surface area contributed by atoms with Gasteiger partial charge in [-0.3, -0.25) is 0 Å². The molecule has 1 aromatic carbocycles. The van der Waals surface area contributed by atoms with Crippen molar-refractivity contribution in [3.05, 3.63) is 23.0 Å². The van der Waals surface area contributed by atoms with Gasteiger partial charge in [0.1, 0.15) is 10.7 Å². The number of imidazole rings is 1. The van der Waals surface area contributed by atoms with Crippen LogP contribution in [-0.2, 0) is 10.0 Å². The van der Waals surface area contributed by atoms with Crippen molar-refractivity contribution in [2.75, 3.05) is 0 Å². The molecule has 0 amide bonds. The molecule has 7 heteroatoms. The van der Waals surface area contributed by atoms with Crippen molar-refractivity contribution in [2.24, 2.45) is 28.8 Å². The molecular formula is C17H20ClN3O2S. The maximum Gasteiger partial charge on any atom is 0.239 e. The average Bonchev–Trinajstić information content (AvgIpc) is 2.86. The van der Waals surface area contributed by atoms with E-state index in [-0.39, 0.29) is 9.92 Å². The summed E-state index contributed by atoms with van der Waals surface area (Å²) in [6.07, 6.45) is 6.69. The molecule has 5 nitrogen and oxygen atoms in total. The molecule has 0 radical (unpaired) electrons. The number of aromatic amines is 1. The van der Waals surface area contributed by atoms with E-state index in [0.717, 1.165) is 35.0 Å². The van der Waals surface area contributed by atoms with Crippen LogP contribution in [0, 0.1) is 23.7 Å². The molecule has 4 bridgehead atoms. The molecule has 0 atom stereocenters. The molecule has 3 N–H and O–H groups in total. The van der Waals surface area contributed by atoms with E-state index >= 15 is 0 Å². The molecule has 1 heterocycles. The van der Waals surface area contributed by atoms with Crippen molar-refractivity contribution in [3.8, 4) is 0 Å². The molecule has 0 saturated heterocycles. The number of nitrogens with two attached hydrogens (primary N) is 1. The highest BCUT2D eigenvalue weighted by Crippen LogP contribution is 2.59.